The van der Waals surface area contributed by atoms with Gasteiger partial charge in [0.15, 0.2) is 5.03 Å². The van der Waals surface area contributed by atoms with E-state index in [9.17, 15) is 17.6 Å². The second-order valence-corrected chi connectivity index (χ2v) is 8.58. The third-order valence-electron chi connectivity index (χ3n) is 4.78. The Balaban J connectivity index is 1.72. The van der Waals surface area contributed by atoms with E-state index >= 15 is 0 Å². The van der Waals surface area contributed by atoms with E-state index in [4.69, 9.17) is 0 Å². The molecule has 0 unspecified atom stereocenters. The van der Waals surface area contributed by atoms with Crippen LogP contribution < -0.4 is 5.32 Å². The number of anilines is 1. The van der Waals surface area contributed by atoms with Crippen LogP contribution in [0.25, 0.3) is 0 Å². The first-order chi connectivity index (χ1) is 12.8. The molecular weight excluding hydrogens is 371 g/mol. The molecule has 0 saturated carbocycles. The lowest BCUT2D eigenvalue weighted by molar-refractivity contribution is -0.120. The van der Waals surface area contributed by atoms with Crippen LogP contribution >= 0.6 is 0 Å². The molecule has 3 rings (SSSR count). The van der Waals surface area contributed by atoms with Gasteiger partial charge in [0, 0.05) is 31.5 Å². The molecule has 7 nitrogen and oxygen atoms in total. The zero-order valence-electron chi connectivity index (χ0n) is 15.4. The Morgan fingerprint density at radius 3 is 2.85 bits per heavy atom. The van der Waals surface area contributed by atoms with Crippen molar-refractivity contribution in [1.82, 2.24) is 13.9 Å². The van der Waals surface area contributed by atoms with Crippen molar-refractivity contribution < 1.29 is 17.6 Å². The van der Waals surface area contributed by atoms with Gasteiger partial charge in [-0.1, -0.05) is 0 Å². The van der Waals surface area contributed by atoms with Crippen LogP contribution in [0.4, 0.5) is 10.1 Å². The molecule has 0 bridgehead atoms. The quantitative estimate of drug-likeness (QED) is 0.844. The van der Waals surface area contributed by atoms with Crippen LogP contribution in [0.1, 0.15) is 25.3 Å². The van der Waals surface area contributed by atoms with Gasteiger partial charge in [-0.15, -0.1) is 0 Å². The largest absolute Gasteiger partial charge is 0.336 e. The Bertz CT molecular complexity index is 942. The molecule has 9 heteroatoms. The number of aryl methyl sites for hydroxylation is 2. The molecule has 0 aliphatic carbocycles. The predicted octanol–water partition coefficient (Wildman–Crippen LogP) is 2.39. The number of halogens is 1. The fourth-order valence-electron chi connectivity index (χ4n) is 3.15. The summed E-state index contributed by atoms with van der Waals surface area (Å²) in [6.45, 7) is 4.70. The van der Waals surface area contributed by atoms with Crippen molar-refractivity contribution in [2.45, 2.75) is 38.3 Å². The summed E-state index contributed by atoms with van der Waals surface area (Å²) in [6.07, 6.45) is 4.18. The van der Waals surface area contributed by atoms with Gasteiger partial charge in [0.2, 0.25) is 5.91 Å². The van der Waals surface area contributed by atoms with Crippen LogP contribution in [-0.4, -0.2) is 41.3 Å². The van der Waals surface area contributed by atoms with Crippen LogP contribution in [-0.2, 0) is 21.4 Å². The van der Waals surface area contributed by atoms with Crippen LogP contribution in [0.5, 0.6) is 0 Å². The molecule has 2 heterocycles. The Hall–Kier alpha value is -2.26. The smallest absolute Gasteiger partial charge is 0.262 e. The summed E-state index contributed by atoms with van der Waals surface area (Å²) < 4.78 is 41.9. The second-order valence-electron chi connectivity index (χ2n) is 6.69. The van der Waals surface area contributed by atoms with Crippen molar-refractivity contribution >= 4 is 21.6 Å². The molecule has 1 aromatic carbocycles. The normalized spacial score (nSPS) is 18.4. The highest BCUT2D eigenvalue weighted by molar-refractivity contribution is 7.89. The molecule has 1 fully saturated rings. The van der Waals surface area contributed by atoms with Gasteiger partial charge in [-0.2, -0.15) is 4.31 Å². The number of rotatable bonds is 5. The number of hydrogen-bond donors (Lipinski definition) is 1. The summed E-state index contributed by atoms with van der Waals surface area (Å²) in [5.41, 5.74) is 1.15. The molecule has 2 aromatic rings. The first-order valence-corrected chi connectivity index (χ1v) is 10.3. The van der Waals surface area contributed by atoms with Crippen molar-refractivity contribution in [3.8, 4) is 0 Å². The third-order valence-corrected chi connectivity index (χ3v) is 6.53. The molecule has 1 aromatic heterocycles. The minimum absolute atomic E-state index is 0.000197. The van der Waals surface area contributed by atoms with Gasteiger partial charge in [0.05, 0.1) is 12.2 Å². The Morgan fingerprint density at radius 2 is 2.19 bits per heavy atom. The lowest BCUT2D eigenvalue weighted by atomic mass is 9.98. The van der Waals surface area contributed by atoms with Crippen LogP contribution in [0.15, 0.2) is 35.7 Å². The average molecular weight is 394 g/mol. The number of nitrogens with one attached hydrogen (secondary N) is 1. The van der Waals surface area contributed by atoms with Crippen LogP contribution in [0, 0.1) is 18.7 Å². The maximum Gasteiger partial charge on any atom is 0.262 e. The highest BCUT2D eigenvalue weighted by Gasteiger charge is 2.34. The maximum atomic E-state index is 13.2. The van der Waals surface area contributed by atoms with Crippen molar-refractivity contribution in [2.75, 3.05) is 18.4 Å². The number of benzene rings is 1. The van der Waals surface area contributed by atoms with Crippen LogP contribution in [0.3, 0.4) is 0 Å². The zero-order chi connectivity index (χ0) is 19.6. The fourth-order valence-corrected chi connectivity index (χ4v) is 4.61. The molecule has 0 spiro atoms. The van der Waals surface area contributed by atoms with Crippen molar-refractivity contribution in [3.63, 3.8) is 0 Å². The van der Waals surface area contributed by atoms with E-state index < -0.39 is 15.9 Å². The molecule has 1 aliphatic heterocycles. The van der Waals surface area contributed by atoms with E-state index in [-0.39, 0.29) is 23.3 Å². The summed E-state index contributed by atoms with van der Waals surface area (Å²) in [7, 11) is -3.73. The Kier molecular flexibility index (Phi) is 5.61. The highest BCUT2D eigenvalue weighted by Crippen LogP contribution is 2.25. The number of amides is 1. The number of imidazole rings is 1. The summed E-state index contributed by atoms with van der Waals surface area (Å²) in [6, 6.07) is 4.14. The van der Waals surface area contributed by atoms with E-state index in [1.165, 1.54) is 35.0 Å². The van der Waals surface area contributed by atoms with Crippen molar-refractivity contribution in [3.05, 3.63) is 42.1 Å². The van der Waals surface area contributed by atoms with Gasteiger partial charge >= 0.3 is 0 Å². The summed E-state index contributed by atoms with van der Waals surface area (Å²) in [5, 5.41) is 2.79. The standard InChI is InChI=1S/C18H23FN4O3S/c1-3-22-11-17(20-12-22)27(25,26)23-8-4-5-14(10-23)18(24)21-16-7-6-15(19)9-13(16)2/h6-7,9,11-12,14H,3-5,8,10H2,1-2H3,(H,21,24)/t14-/m1/s1. The number of carbonyl (C=O) groups excluding carboxylic acids is 1. The Labute approximate surface area is 158 Å². The lowest BCUT2D eigenvalue weighted by Gasteiger charge is -2.30. The molecule has 146 valence electrons. The van der Waals surface area contributed by atoms with E-state index in [0.29, 0.717) is 37.2 Å². The van der Waals surface area contributed by atoms with Gasteiger partial charge in [-0.3, -0.25) is 4.79 Å². The number of piperidine rings is 1. The minimum Gasteiger partial charge on any atom is -0.336 e. The van der Waals surface area contributed by atoms with Gasteiger partial charge in [-0.25, -0.2) is 17.8 Å². The third kappa shape index (κ3) is 4.19. The number of carbonyl (C=O) groups is 1. The van der Waals surface area contributed by atoms with E-state index in [1.54, 1.807) is 11.5 Å². The molecule has 0 radical (unpaired) electrons. The lowest BCUT2D eigenvalue weighted by Crippen LogP contribution is -2.43. The summed E-state index contributed by atoms with van der Waals surface area (Å²) >= 11 is 0. The molecule has 1 saturated heterocycles. The second kappa shape index (κ2) is 7.77. The molecule has 27 heavy (non-hydrogen) atoms. The topological polar surface area (TPSA) is 84.3 Å². The number of nitrogens with zero attached hydrogens (tertiary/aromatic N) is 3. The molecule has 1 atom stereocenters. The van der Waals surface area contributed by atoms with E-state index in [2.05, 4.69) is 10.3 Å². The average Bonchev–Trinajstić information content (AvgIpc) is 3.14. The molecular formula is C18H23FN4O3S. The first-order valence-electron chi connectivity index (χ1n) is 8.90. The van der Waals surface area contributed by atoms with Gasteiger partial charge in [-0.05, 0) is 50.5 Å². The number of aromatic nitrogens is 2. The number of sulfonamides is 1. The summed E-state index contributed by atoms with van der Waals surface area (Å²) in [4.78, 5) is 16.6. The molecule has 1 aliphatic rings. The minimum atomic E-state index is -3.73. The monoisotopic (exact) mass is 394 g/mol. The predicted molar refractivity (Wildman–Crippen MR) is 99.2 cm³/mol. The fraction of sp³-hybridized carbons (Fsp3) is 0.444. The molecule has 1 amide bonds. The van der Waals surface area contributed by atoms with Crippen molar-refractivity contribution in [1.29, 1.82) is 0 Å². The first kappa shape index (κ1) is 19.5. The van der Waals surface area contributed by atoms with Crippen molar-refractivity contribution in [2.24, 2.45) is 5.92 Å². The maximum absolute atomic E-state index is 13.2. The number of hydrogen-bond acceptors (Lipinski definition) is 4. The van der Waals surface area contributed by atoms with Gasteiger partial charge in [0.1, 0.15) is 5.82 Å². The molecule has 1 N–H and O–H groups in total. The SMILES string of the molecule is CCn1cnc(S(=O)(=O)N2CCC[C@@H](C(=O)Nc3ccc(F)cc3C)C2)c1. The van der Waals surface area contributed by atoms with Gasteiger partial charge < -0.3 is 9.88 Å². The summed E-state index contributed by atoms with van der Waals surface area (Å²) in [5.74, 6) is -1.10. The Morgan fingerprint density at radius 1 is 1.41 bits per heavy atom. The highest BCUT2D eigenvalue weighted by atomic mass is 32.2. The van der Waals surface area contributed by atoms with Gasteiger partial charge in [0.25, 0.3) is 10.0 Å². The van der Waals surface area contributed by atoms with Crippen LogP contribution in [0.2, 0.25) is 0 Å². The zero-order valence-corrected chi connectivity index (χ0v) is 16.2. The van der Waals surface area contributed by atoms with E-state index in [0.717, 1.165) is 0 Å². The van der Waals surface area contributed by atoms with E-state index in [1.807, 2.05) is 6.92 Å².